The molecule has 0 aliphatic carbocycles. The summed E-state index contributed by atoms with van der Waals surface area (Å²) in [6, 6.07) is 9.68. The molecule has 0 saturated carbocycles. The summed E-state index contributed by atoms with van der Waals surface area (Å²) in [6.07, 6.45) is -1.06. The minimum atomic E-state index is -1.06. The lowest BCUT2D eigenvalue weighted by Gasteiger charge is -2.13. The maximum Gasteiger partial charge on any atom is 0.350 e. The Labute approximate surface area is 162 Å². The van der Waals surface area contributed by atoms with Crippen LogP contribution in [0.25, 0.3) is 10.1 Å². The Balaban J connectivity index is 1.63. The maximum absolute atomic E-state index is 13.3. The number of nitrogens with one attached hydrogen (secondary N) is 1. The van der Waals surface area contributed by atoms with Crippen molar-refractivity contribution in [2.45, 2.75) is 19.6 Å². The minimum absolute atomic E-state index is 0.107. The fourth-order valence-electron chi connectivity index (χ4n) is 2.37. The third-order valence-electron chi connectivity index (χ3n) is 3.81. The van der Waals surface area contributed by atoms with E-state index in [1.54, 1.807) is 12.1 Å². The predicted octanol–water partition coefficient (Wildman–Crippen LogP) is 4.69. The first kappa shape index (κ1) is 19.3. The monoisotopic (exact) mass is 409 g/mol. The summed E-state index contributed by atoms with van der Waals surface area (Å²) in [5.41, 5.74) is 0.706. The molecular formula is C19H14ClF2NO3S. The lowest BCUT2D eigenvalue weighted by Crippen LogP contribution is -2.35. The Kier molecular flexibility index (Phi) is 5.72. The molecule has 0 saturated heterocycles. The van der Waals surface area contributed by atoms with Crippen LogP contribution in [-0.2, 0) is 16.1 Å². The van der Waals surface area contributed by atoms with E-state index in [2.05, 4.69) is 5.32 Å². The first-order valence-corrected chi connectivity index (χ1v) is 9.15. The van der Waals surface area contributed by atoms with E-state index in [1.165, 1.54) is 37.3 Å². The highest BCUT2D eigenvalue weighted by Crippen LogP contribution is 2.36. The van der Waals surface area contributed by atoms with Crippen LogP contribution in [-0.4, -0.2) is 18.0 Å². The molecular weight excluding hydrogens is 396 g/mol. The van der Waals surface area contributed by atoms with Crippen LogP contribution in [0, 0.1) is 11.6 Å². The Morgan fingerprint density at radius 1 is 1.15 bits per heavy atom. The predicted molar refractivity (Wildman–Crippen MR) is 99.9 cm³/mol. The van der Waals surface area contributed by atoms with E-state index in [0.717, 1.165) is 11.3 Å². The number of amides is 1. The molecule has 0 radical (unpaired) electrons. The van der Waals surface area contributed by atoms with Crippen molar-refractivity contribution in [2.75, 3.05) is 0 Å². The number of halogens is 3. The fraction of sp³-hybridized carbons (Fsp3) is 0.158. The van der Waals surface area contributed by atoms with E-state index >= 15 is 0 Å². The minimum Gasteiger partial charge on any atom is -0.448 e. The van der Waals surface area contributed by atoms with Crippen molar-refractivity contribution in [3.8, 4) is 0 Å². The lowest BCUT2D eigenvalue weighted by molar-refractivity contribution is -0.129. The van der Waals surface area contributed by atoms with Crippen molar-refractivity contribution in [1.82, 2.24) is 5.32 Å². The number of fused-ring (bicyclic) bond motifs is 1. The van der Waals surface area contributed by atoms with Gasteiger partial charge in [-0.1, -0.05) is 23.7 Å². The molecule has 0 spiro atoms. The first-order valence-electron chi connectivity index (χ1n) is 7.96. The average molecular weight is 410 g/mol. The molecule has 1 aromatic heterocycles. The zero-order chi connectivity index (χ0) is 19.6. The zero-order valence-corrected chi connectivity index (χ0v) is 15.7. The zero-order valence-electron chi connectivity index (χ0n) is 14.1. The van der Waals surface area contributed by atoms with E-state index in [-0.39, 0.29) is 22.3 Å². The van der Waals surface area contributed by atoms with E-state index < -0.39 is 23.8 Å². The Hall–Kier alpha value is -2.51. The molecule has 0 aliphatic rings. The van der Waals surface area contributed by atoms with Gasteiger partial charge >= 0.3 is 5.97 Å². The second kappa shape index (κ2) is 8.02. The Bertz CT molecular complexity index is 1000. The summed E-state index contributed by atoms with van der Waals surface area (Å²) in [4.78, 5) is 24.6. The van der Waals surface area contributed by atoms with Gasteiger partial charge in [-0.3, -0.25) is 4.79 Å². The van der Waals surface area contributed by atoms with E-state index in [9.17, 15) is 18.4 Å². The number of esters is 1. The van der Waals surface area contributed by atoms with Crippen molar-refractivity contribution >= 4 is 44.9 Å². The van der Waals surface area contributed by atoms with Gasteiger partial charge in [-0.15, -0.1) is 11.3 Å². The van der Waals surface area contributed by atoms with Gasteiger partial charge < -0.3 is 10.1 Å². The molecule has 4 nitrogen and oxygen atoms in total. The quantitative estimate of drug-likeness (QED) is 0.622. The van der Waals surface area contributed by atoms with E-state index in [1.807, 2.05) is 0 Å². The lowest BCUT2D eigenvalue weighted by atomic mass is 10.2. The van der Waals surface area contributed by atoms with Crippen LogP contribution in [0.15, 0.2) is 42.5 Å². The van der Waals surface area contributed by atoms with Crippen molar-refractivity contribution in [3.05, 3.63) is 69.6 Å². The average Bonchev–Trinajstić information content (AvgIpc) is 2.96. The van der Waals surface area contributed by atoms with Gasteiger partial charge in [0, 0.05) is 16.6 Å². The molecule has 1 amide bonds. The molecule has 140 valence electrons. The normalized spacial score (nSPS) is 12.0. The number of carbonyl (C=O) groups is 2. The van der Waals surface area contributed by atoms with Crippen LogP contribution < -0.4 is 5.32 Å². The number of rotatable bonds is 5. The second-order valence-corrected chi connectivity index (χ2v) is 7.21. The van der Waals surface area contributed by atoms with Crippen LogP contribution in [0.5, 0.6) is 0 Å². The summed E-state index contributed by atoms with van der Waals surface area (Å²) in [6.45, 7) is 1.60. The molecule has 0 aliphatic heterocycles. The van der Waals surface area contributed by atoms with Gasteiger partial charge in [0.05, 0.1) is 5.02 Å². The fourth-order valence-corrected chi connectivity index (χ4v) is 3.79. The summed E-state index contributed by atoms with van der Waals surface area (Å²) >= 11 is 7.18. The smallest absolute Gasteiger partial charge is 0.350 e. The number of hydrogen-bond acceptors (Lipinski definition) is 4. The van der Waals surface area contributed by atoms with Gasteiger partial charge in [0.2, 0.25) is 0 Å². The first-order chi connectivity index (χ1) is 12.8. The third kappa shape index (κ3) is 4.43. The molecule has 27 heavy (non-hydrogen) atoms. The van der Waals surface area contributed by atoms with Gasteiger partial charge in [-0.05, 0) is 42.8 Å². The molecule has 1 atom stereocenters. The van der Waals surface area contributed by atoms with E-state index in [4.69, 9.17) is 16.3 Å². The molecule has 2 aromatic carbocycles. The number of carbonyl (C=O) groups excluding carboxylic acids is 2. The van der Waals surface area contributed by atoms with Crippen molar-refractivity contribution in [1.29, 1.82) is 0 Å². The summed E-state index contributed by atoms with van der Waals surface area (Å²) in [5.74, 6) is -2.07. The van der Waals surface area contributed by atoms with Crippen LogP contribution in [0.3, 0.4) is 0 Å². The van der Waals surface area contributed by atoms with Crippen LogP contribution in [0.2, 0.25) is 5.02 Å². The van der Waals surface area contributed by atoms with E-state index in [0.29, 0.717) is 15.6 Å². The molecule has 1 heterocycles. The van der Waals surface area contributed by atoms with Gasteiger partial charge in [-0.25, -0.2) is 13.6 Å². The van der Waals surface area contributed by atoms with Gasteiger partial charge in [0.25, 0.3) is 5.91 Å². The molecule has 8 heteroatoms. The second-order valence-electron chi connectivity index (χ2n) is 5.78. The third-order valence-corrected chi connectivity index (χ3v) is 5.45. The van der Waals surface area contributed by atoms with Crippen LogP contribution in [0.1, 0.15) is 22.2 Å². The number of ether oxygens (including phenoxy) is 1. The van der Waals surface area contributed by atoms with Crippen LogP contribution >= 0.6 is 22.9 Å². The SMILES string of the molecule is CC(OC(=O)c1sc2cc(F)ccc2c1Cl)C(=O)NCc1ccc(F)cc1. The highest BCUT2D eigenvalue weighted by Gasteiger charge is 2.23. The number of thiophene rings is 1. The van der Waals surface area contributed by atoms with Crippen molar-refractivity contribution < 1.29 is 23.1 Å². The Morgan fingerprint density at radius 2 is 1.81 bits per heavy atom. The number of hydrogen-bond donors (Lipinski definition) is 1. The van der Waals surface area contributed by atoms with Gasteiger partial charge in [-0.2, -0.15) is 0 Å². The summed E-state index contributed by atoms with van der Waals surface area (Å²) in [7, 11) is 0. The molecule has 3 aromatic rings. The van der Waals surface area contributed by atoms with Crippen molar-refractivity contribution in [3.63, 3.8) is 0 Å². The molecule has 1 unspecified atom stereocenters. The highest BCUT2D eigenvalue weighted by molar-refractivity contribution is 7.21. The number of benzene rings is 2. The Morgan fingerprint density at radius 3 is 2.52 bits per heavy atom. The van der Waals surface area contributed by atoms with Crippen LogP contribution in [0.4, 0.5) is 8.78 Å². The van der Waals surface area contributed by atoms with Gasteiger partial charge in [0.1, 0.15) is 16.5 Å². The highest BCUT2D eigenvalue weighted by atomic mass is 35.5. The molecule has 0 bridgehead atoms. The molecule has 0 fully saturated rings. The summed E-state index contributed by atoms with van der Waals surface area (Å²) in [5, 5.41) is 3.32. The largest absolute Gasteiger partial charge is 0.448 e. The molecule has 1 N–H and O–H groups in total. The van der Waals surface area contributed by atoms with Gasteiger partial charge in [0.15, 0.2) is 6.10 Å². The topological polar surface area (TPSA) is 55.4 Å². The standard InChI is InChI=1S/C19H14ClF2NO3S/c1-10(18(24)23-9-11-2-4-12(21)5-3-11)26-19(25)17-16(20)14-7-6-13(22)8-15(14)27-17/h2-8,10H,9H2,1H3,(H,23,24). The molecule has 3 rings (SSSR count). The summed E-state index contributed by atoms with van der Waals surface area (Å²) < 4.78 is 31.9. The maximum atomic E-state index is 13.3. The van der Waals surface area contributed by atoms with Crippen molar-refractivity contribution in [2.24, 2.45) is 0 Å².